The number of aryl methyl sites for hydroxylation is 1. The molecule has 17 heavy (non-hydrogen) atoms. The molecule has 0 unspecified atom stereocenters. The Labute approximate surface area is 110 Å². The summed E-state index contributed by atoms with van der Waals surface area (Å²) >= 11 is 11.8. The summed E-state index contributed by atoms with van der Waals surface area (Å²) < 4.78 is 0. The van der Waals surface area contributed by atoms with Crippen LogP contribution in [0.1, 0.15) is 5.69 Å². The van der Waals surface area contributed by atoms with Gasteiger partial charge in [-0.3, -0.25) is 0 Å². The standard InChI is InChI=1S/C12H11Cl2N3/c1-7-11(15-2)6-16-12(17-7)8-3-4-9(13)10(14)5-8/h3-6,15H,1-2H3. The molecule has 0 saturated heterocycles. The second-order valence-electron chi connectivity index (χ2n) is 3.57. The molecule has 3 nitrogen and oxygen atoms in total. The SMILES string of the molecule is CNc1cnc(-c2ccc(Cl)c(Cl)c2)nc1C. The highest BCUT2D eigenvalue weighted by Gasteiger charge is 2.06. The minimum atomic E-state index is 0.503. The van der Waals surface area contributed by atoms with Gasteiger partial charge < -0.3 is 5.32 Å². The average molecular weight is 268 g/mol. The summed E-state index contributed by atoms with van der Waals surface area (Å²) in [7, 11) is 1.84. The Morgan fingerprint density at radius 3 is 2.53 bits per heavy atom. The van der Waals surface area contributed by atoms with E-state index in [0.29, 0.717) is 15.9 Å². The van der Waals surface area contributed by atoms with Crippen LogP contribution in [-0.4, -0.2) is 17.0 Å². The molecule has 0 radical (unpaired) electrons. The van der Waals surface area contributed by atoms with Crippen LogP contribution in [0, 0.1) is 6.92 Å². The molecule has 0 aliphatic rings. The van der Waals surface area contributed by atoms with Gasteiger partial charge in [-0.15, -0.1) is 0 Å². The van der Waals surface area contributed by atoms with E-state index in [1.165, 1.54) is 0 Å². The monoisotopic (exact) mass is 267 g/mol. The first-order chi connectivity index (χ1) is 8.11. The number of halogens is 2. The van der Waals surface area contributed by atoms with E-state index in [9.17, 15) is 0 Å². The van der Waals surface area contributed by atoms with E-state index >= 15 is 0 Å². The number of benzene rings is 1. The molecule has 2 rings (SSSR count). The maximum absolute atomic E-state index is 5.96. The summed E-state index contributed by atoms with van der Waals surface area (Å²) in [5.74, 6) is 0.639. The van der Waals surface area contributed by atoms with Crippen LogP contribution in [0.5, 0.6) is 0 Å². The van der Waals surface area contributed by atoms with Crippen LogP contribution in [0.15, 0.2) is 24.4 Å². The van der Waals surface area contributed by atoms with Gasteiger partial charge in [0.1, 0.15) is 0 Å². The molecule has 0 aliphatic heterocycles. The zero-order valence-electron chi connectivity index (χ0n) is 9.46. The number of nitrogens with zero attached hydrogens (tertiary/aromatic N) is 2. The highest BCUT2D eigenvalue weighted by molar-refractivity contribution is 6.42. The molecule has 0 saturated carbocycles. The lowest BCUT2D eigenvalue weighted by Gasteiger charge is -2.06. The van der Waals surface area contributed by atoms with E-state index < -0.39 is 0 Å². The normalized spacial score (nSPS) is 10.4. The first-order valence-electron chi connectivity index (χ1n) is 5.08. The fourth-order valence-electron chi connectivity index (χ4n) is 1.49. The third kappa shape index (κ3) is 2.51. The van der Waals surface area contributed by atoms with Crippen LogP contribution in [0.25, 0.3) is 11.4 Å². The number of aromatic nitrogens is 2. The second-order valence-corrected chi connectivity index (χ2v) is 4.39. The number of hydrogen-bond acceptors (Lipinski definition) is 3. The molecule has 0 aliphatic carbocycles. The molecule has 1 aromatic carbocycles. The summed E-state index contributed by atoms with van der Waals surface area (Å²) in [4.78, 5) is 8.69. The minimum Gasteiger partial charge on any atom is -0.385 e. The Morgan fingerprint density at radius 2 is 1.94 bits per heavy atom. The Morgan fingerprint density at radius 1 is 1.18 bits per heavy atom. The summed E-state index contributed by atoms with van der Waals surface area (Å²) in [5, 5.41) is 4.05. The molecule has 0 spiro atoms. The largest absolute Gasteiger partial charge is 0.385 e. The number of rotatable bonds is 2. The zero-order valence-corrected chi connectivity index (χ0v) is 11.0. The van der Waals surface area contributed by atoms with E-state index in [1.807, 2.05) is 20.0 Å². The minimum absolute atomic E-state index is 0.503. The van der Waals surface area contributed by atoms with Gasteiger partial charge in [0, 0.05) is 12.6 Å². The van der Waals surface area contributed by atoms with Gasteiger partial charge in [-0.25, -0.2) is 9.97 Å². The van der Waals surface area contributed by atoms with Crippen molar-refractivity contribution in [1.82, 2.24) is 9.97 Å². The third-order valence-corrected chi connectivity index (χ3v) is 3.17. The molecule has 0 fully saturated rings. The van der Waals surface area contributed by atoms with E-state index in [1.54, 1.807) is 18.3 Å². The van der Waals surface area contributed by atoms with Gasteiger partial charge in [0.2, 0.25) is 0 Å². The molecular weight excluding hydrogens is 257 g/mol. The van der Waals surface area contributed by atoms with Crippen molar-refractivity contribution in [2.75, 3.05) is 12.4 Å². The van der Waals surface area contributed by atoms with Crippen LogP contribution in [0.2, 0.25) is 10.0 Å². The van der Waals surface area contributed by atoms with Crippen molar-refractivity contribution in [2.45, 2.75) is 6.92 Å². The molecule has 88 valence electrons. The number of hydrogen-bond donors (Lipinski definition) is 1. The zero-order chi connectivity index (χ0) is 12.4. The first-order valence-corrected chi connectivity index (χ1v) is 5.84. The molecule has 1 N–H and O–H groups in total. The van der Waals surface area contributed by atoms with Crippen molar-refractivity contribution in [3.05, 3.63) is 40.1 Å². The van der Waals surface area contributed by atoms with Crippen molar-refractivity contribution in [1.29, 1.82) is 0 Å². The molecule has 1 heterocycles. The highest BCUT2D eigenvalue weighted by atomic mass is 35.5. The quantitative estimate of drug-likeness (QED) is 0.900. The third-order valence-electron chi connectivity index (χ3n) is 2.43. The number of anilines is 1. The molecule has 0 amide bonds. The highest BCUT2D eigenvalue weighted by Crippen LogP contribution is 2.27. The fraction of sp³-hybridized carbons (Fsp3) is 0.167. The van der Waals surface area contributed by atoms with Gasteiger partial charge >= 0.3 is 0 Å². The second kappa shape index (κ2) is 4.90. The van der Waals surface area contributed by atoms with Gasteiger partial charge in [-0.2, -0.15) is 0 Å². The number of nitrogens with one attached hydrogen (secondary N) is 1. The Balaban J connectivity index is 2.46. The van der Waals surface area contributed by atoms with Gasteiger partial charge in [0.15, 0.2) is 5.82 Å². The summed E-state index contributed by atoms with van der Waals surface area (Å²) in [6, 6.07) is 5.35. The van der Waals surface area contributed by atoms with Gasteiger partial charge in [-0.1, -0.05) is 23.2 Å². The van der Waals surface area contributed by atoms with Gasteiger partial charge in [0.05, 0.1) is 27.6 Å². The van der Waals surface area contributed by atoms with Crippen LogP contribution < -0.4 is 5.32 Å². The molecule has 2 aromatic rings. The van der Waals surface area contributed by atoms with Crippen LogP contribution in [0.4, 0.5) is 5.69 Å². The lowest BCUT2D eigenvalue weighted by Crippen LogP contribution is -1.98. The Hall–Kier alpha value is -1.32. The lowest BCUT2D eigenvalue weighted by atomic mass is 10.2. The summed E-state index contributed by atoms with van der Waals surface area (Å²) in [5.41, 5.74) is 2.66. The fourth-order valence-corrected chi connectivity index (χ4v) is 1.78. The molecule has 1 aromatic heterocycles. The van der Waals surface area contributed by atoms with Crippen LogP contribution >= 0.6 is 23.2 Å². The Bertz CT molecular complexity index is 555. The average Bonchev–Trinajstić information content (AvgIpc) is 2.32. The van der Waals surface area contributed by atoms with Crippen molar-refractivity contribution in [3.8, 4) is 11.4 Å². The van der Waals surface area contributed by atoms with E-state index in [2.05, 4.69) is 15.3 Å². The predicted molar refractivity (Wildman–Crippen MR) is 71.8 cm³/mol. The first kappa shape index (κ1) is 12.1. The van der Waals surface area contributed by atoms with Gasteiger partial charge in [0.25, 0.3) is 0 Å². The molecular formula is C12H11Cl2N3. The van der Waals surface area contributed by atoms with Gasteiger partial charge in [-0.05, 0) is 25.1 Å². The molecule has 5 heteroatoms. The summed E-state index contributed by atoms with van der Waals surface area (Å²) in [6.45, 7) is 1.93. The topological polar surface area (TPSA) is 37.8 Å². The predicted octanol–water partition coefficient (Wildman–Crippen LogP) is 3.80. The molecule has 0 atom stereocenters. The smallest absolute Gasteiger partial charge is 0.159 e. The lowest BCUT2D eigenvalue weighted by molar-refractivity contribution is 1.11. The maximum Gasteiger partial charge on any atom is 0.159 e. The van der Waals surface area contributed by atoms with Crippen LogP contribution in [0.3, 0.4) is 0 Å². The van der Waals surface area contributed by atoms with Crippen molar-refractivity contribution in [2.24, 2.45) is 0 Å². The van der Waals surface area contributed by atoms with Crippen molar-refractivity contribution >= 4 is 28.9 Å². The van der Waals surface area contributed by atoms with Crippen LogP contribution in [-0.2, 0) is 0 Å². The van der Waals surface area contributed by atoms with E-state index in [0.717, 1.165) is 16.9 Å². The van der Waals surface area contributed by atoms with Crippen molar-refractivity contribution < 1.29 is 0 Å². The van der Waals surface area contributed by atoms with Crippen molar-refractivity contribution in [3.63, 3.8) is 0 Å². The van der Waals surface area contributed by atoms with E-state index in [4.69, 9.17) is 23.2 Å². The molecule has 0 bridgehead atoms. The van der Waals surface area contributed by atoms with E-state index in [-0.39, 0.29) is 0 Å². The maximum atomic E-state index is 5.96. The Kier molecular flexibility index (Phi) is 3.50. The summed E-state index contributed by atoms with van der Waals surface area (Å²) in [6.07, 6.45) is 1.75.